The molecule has 2 aromatic rings. The normalized spacial score (nSPS) is 10.6. The molecule has 0 unspecified atom stereocenters. The molecule has 0 aliphatic rings. The standard InChI is InChI=1S/C8H9BN2/c1-6-2-3-11-7(9)5-10-8(11)4-6/h2-5H,9H2,1H3. The maximum Gasteiger partial charge on any atom is 0.163 e. The van der Waals surface area contributed by atoms with Crippen LogP contribution in [0.15, 0.2) is 24.5 Å². The van der Waals surface area contributed by atoms with Gasteiger partial charge >= 0.3 is 0 Å². The Kier molecular flexibility index (Phi) is 1.25. The van der Waals surface area contributed by atoms with Crippen molar-refractivity contribution in [2.45, 2.75) is 6.92 Å². The van der Waals surface area contributed by atoms with Gasteiger partial charge in [-0.1, -0.05) is 0 Å². The highest BCUT2D eigenvalue weighted by Crippen LogP contribution is 2.01. The van der Waals surface area contributed by atoms with Crippen LogP contribution in [0, 0.1) is 6.92 Å². The summed E-state index contributed by atoms with van der Waals surface area (Å²) in [5.41, 5.74) is 3.46. The Morgan fingerprint density at radius 1 is 1.55 bits per heavy atom. The molecular weight excluding hydrogens is 135 g/mol. The Labute approximate surface area is 66.3 Å². The fourth-order valence-corrected chi connectivity index (χ4v) is 1.21. The maximum absolute atomic E-state index is 4.24. The second-order valence-electron chi connectivity index (χ2n) is 2.83. The van der Waals surface area contributed by atoms with Crippen LogP contribution in [0.1, 0.15) is 5.56 Å². The Morgan fingerprint density at radius 2 is 2.36 bits per heavy atom. The van der Waals surface area contributed by atoms with Crippen molar-refractivity contribution >= 4 is 19.1 Å². The Bertz CT molecular complexity index is 392. The van der Waals surface area contributed by atoms with E-state index in [1.807, 2.05) is 12.4 Å². The van der Waals surface area contributed by atoms with E-state index in [1.165, 1.54) is 11.2 Å². The van der Waals surface area contributed by atoms with Gasteiger partial charge in [0, 0.05) is 12.4 Å². The van der Waals surface area contributed by atoms with Gasteiger partial charge in [0.2, 0.25) is 0 Å². The van der Waals surface area contributed by atoms with Crippen molar-refractivity contribution in [3.63, 3.8) is 0 Å². The van der Waals surface area contributed by atoms with Gasteiger partial charge in [0.15, 0.2) is 7.85 Å². The first-order chi connectivity index (χ1) is 5.27. The molecule has 0 fully saturated rings. The highest BCUT2D eigenvalue weighted by Gasteiger charge is 1.96. The average Bonchev–Trinajstić information content (AvgIpc) is 2.32. The molecule has 0 N–H and O–H groups in total. The monoisotopic (exact) mass is 144 g/mol. The number of pyridine rings is 1. The zero-order valence-electron chi connectivity index (χ0n) is 6.70. The molecule has 0 bridgehead atoms. The smallest absolute Gasteiger partial charge is 0.163 e. The van der Waals surface area contributed by atoms with E-state index in [1.54, 1.807) is 0 Å². The van der Waals surface area contributed by atoms with Gasteiger partial charge in [0.25, 0.3) is 0 Å². The number of imidazole rings is 1. The number of hydrogen-bond acceptors (Lipinski definition) is 1. The summed E-state index contributed by atoms with van der Waals surface area (Å²) >= 11 is 0. The molecule has 0 radical (unpaired) electrons. The van der Waals surface area contributed by atoms with Crippen molar-refractivity contribution in [3.05, 3.63) is 30.1 Å². The number of aromatic nitrogens is 2. The number of nitrogens with zero attached hydrogens (tertiary/aromatic N) is 2. The first kappa shape index (κ1) is 6.46. The largest absolute Gasteiger partial charge is 0.314 e. The molecule has 0 aliphatic carbocycles. The van der Waals surface area contributed by atoms with Crippen LogP contribution < -0.4 is 5.59 Å². The lowest BCUT2D eigenvalue weighted by Crippen LogP contribution is -2.08. The fourth-order valence-electron chi connectivity index (χ4n) is 1.21. The quantitative estimate of drug-likeness (QED) is 0.472. The molecule has 54 valence electrons. The third-order valence-electron chi connectivity index (χ3n) is 1.85. The van der Waals surface area contributed by atoms with Gasteiger partial charge in [-0.15, -0.1) is 0 Å². The van der Waals surface area contributed by atoms with E-state index in [2.05, 4.69) is 36.3 Å². The summed E-state index contributed by atoms with van der Waals surface area (Å²) in [5, 5.41) is 0. The minimum atomic E-state index is 1.03. The molecule has 2 heterocycles. The topological polar surface area (TPSA) is 17.3 Å². The maximum atomic E-state index is 4.24. The number of hydrogen-bond donors (Lipinski definition) is 0. The molecule has 0 aromatic carbocycles. The van der Waals surface area contributed by atoms with Crippen LogP contribution in [0.3, 0.4) is 0 Å². The molecule has 3 heteroatoms. The summed E-state index contributed by atoms with van der Waals surface area (Å²) in [4.78, 5) is 4.24. The Balaban J connectivity index is 2.86. The van der Waals surface area contributed by atoms with E-state index >= 15 is 0 Å². The van der Waals surface area contributed by atoms with Crippen molar-refractivity contribution in [3.8, 4) is 0 Å². The molecule has 2 rings (SSSR count). The lowest BCUT2D eigenvalue weighted by atomic mass is 10.1. The number of fused-ring (bicyclic) bond motifs is 1. The minimum Gasteiger partial charge on any atom is -0.314 e. The van der Waals surface area contributed by atoms with E-state index in [0.717, 1.165) is 5.65 Å². The molecule has 0 atom stereocenters. The number of aryl methyl sites for hydroxylation is 1. The zero-order chi connectivity index (χ0) is 7.84. The molecule has 2 aromatic heterocycles. The van der Waals surface area contributed by atoms with Crippen LogP contribution in [0.25, 0.3) is 5.65 Å². The van der Waals surface area contributed by atoms with E-state index < -0.39 is 0 Å². The molecule has 2 nitrogen and oxygen atoms in total. The third-order valence-corrected chi connectivity index (χ3v) is 1.85. The van der Waals surface area contributed by atoms with Gasteiger partial charge in [-0.05, 0) is 30.2 Å². The summed E-state index contributed by atoms with van der Waals surface area (Å²) in [5.74, 6) is 0. The van der Waals surface area contributed by atoms with Crippen molar-refractivity contribution < 1.29 is 0 Å². The lowest BCUT2D eigenvalue weighted by molar-refractivity contribution is 1.20. The lowest BCUT2D eigenvalue weighted by Gasteiger charge is -1.96. The van der Waals surface area contributed by atoms with E-state index in [0.29, 0.717) is 0 Å². The van der Waals surface area contributed by atoms with Gasteiger partial charge in [0.1, 0.15) is 5.65 Å². The van der Waals surface area contributed by atoms with Crippen molar-refractivity contribution in [1.29, 1.82) is 0 Å². The molecule has 0 spiro atoms. The van der Waals surface area contributed by atoms with Crippen molar-refractivity contribution in [2.75, 3.05) is 0 Å². The first-order valence-corrected chi connectivity index (χ1v) is 3.68. The highest BCUT2D eigenvalue weighted by molar-refractivity contribution is 6.31. The summed E-state index contributed by atoms with van der Waals surface area (Å²) in [6, 6.07) is 4.16. The van der Waals surface area contributed by atoms with Gasteiger partial charge < -0.3 is 4.40 Å². The third kappa shape index (κ3) is 0.927. The molecule has 0 saturated heterocycles. The second-order valence-corrected chi connectivity index (χ2v) is 2.83. The molecule has 0 aliphatic heterocycles. The summed E-state index contributed by atoms with van der Waals surface area (Å²) in [7, 11) is 2.05. The van der Waals surface area contributed by atoms with E-state index in [9.17, 15) is 0 Å². The first-order valence-electron chi connectivity index (χ1n) is 3.68. The summed E-state index contributed by atoms with van der Waals surface area (Å²) < 4.78 is 2.08. The van der Waals surface area contributed by atoms with E-state index in [-0.39, 0.29) is 0 Å². The van der Waals surface area contributed by atoms with Gasteiger partial charge in [-0.3, -0.25) is 0 Å². The number of rotatable bonds is 0. The van der Waals surface area contributed by atoms with Crippen molar-refractivity contribution in [1.82, 2.24) is 9.38 Å². The molecule has 11 heavy (non-hydrogen) atoms. The Hall–Kier alpha value is -1.25. The van der Waals surface area contributed by atoms with Crippen LogP contribution in [-0.4, -0.2) is 17.2 Å². The van der Waals surface area contributed by atoms with E-state index in [4.69, 9.17) is 0 Å². The predicted octanol–water partition coefficient (Wildman–Crippen LogP) is -0.0989. The van der Waals surface area contributed by atoms with Gasteiger partial charge in [-0.25, -0.2) is 4.98 Å². The van der Waals surface area contributed by atoms with Crippen molar-refractivity contribution in [2.24, 2.45) is 0 Å². The fraction of sp³-hybridized carbons (Fsp3) is 0.125. The zero-order valence-corrected chi connectivity index (χ0v) is 6.70. The molecule has 0 saturated carbocycles. The average molecular weight is 144 g/mol. The molecular formula is C8H9BN2. The summed E-state index contributed by atoms with van der Waals surface area (Å²) in [6.07, 6.45) is 3.93. The summed E-state index contributed by atoms with van der Waals surface area (Å²) in [6.45, 7) is 2.07. The SMILES string of the molecule is Bc1cnc2cc(C)ccn12. The van der Waals surface area contributed by atoms with Gasteiger partial charge in [0.05, 0.1) is 0 Å². The highest BCUT2D eigenvalue weighted by atomic mass is 15.0. The van der Waals surface area contributed by atoms with Crippen LogP contribution in [0.5, 0.6) is 0 Å². The van der Waals surface area contributed by atoms with Crippen LogP contribution in [0.2, 0.25) is 0 Å². The van der Waals surface area contributed by atoms with Crippen LogP contribution >= 0.6 is 0 Å². The van der Waals surface area contributed by atoms with Crippen LogP contribution in [-0.2, 0) is 0 Å². The minimum absolute atomic E-state index is 1.03. The van der Waals surface area contributed by atoms with Gasteiger partial charge in [-0.2, -0.15) is 0 Å². The molecule has 0 amide bonds. The Morgan fingerprint density at radius 3 is 3.18 bits per heavy atom. The van der Waals surface area contributed by atoms with Crippen LogP contribution in [0.4, 0.5) is 0 Å². The second kappa shape index (κ2) is 2.12. The predicted molar refractivity (Wildman–Crippen MR) is 48.1 cm³/mol.